The highest BCUT2D eigenvalue weighted by Gasteiger charge is 2.15. The van der Waals surface area contributed by atoms with Crippen LogP contribution in [0.5, 0.6) is 0 Å². The summed E-state index contributed by atoms with van der Waals surface area (Å²) in [7, 11) is 0. The van der Waals surface area contributed by atoms with Crippen LogP contribution in [0.15, 0.2) is 0 Å². The summed E-state index contributed by atoms with van der Waals surface area (Å²) < 4.78 is 0. The third kappa shape index (κ3) is 2.65. The number of hydrazine groups is 1. The molecule has 1 aromatic rings. The third-order valence-corrected chi connectivity index (χ3v) is 2.43. The van der Waals surface area contributed by atoms with Crippen LogP contribution < -0.4 is 11.3 Å². The Bertz CT molecular complexity index is 305. The van der Waals surface area contributed by atoms with Crippen LogP contribution >= 0.6 is 0 Å². The molecule has 4 heteroatoms. The molecule has 84 valence electrons. The van der Waals surface area contributed by atoms with Crippen molar-refractivity contribution in [3.8, 4) is 0 Å². The third-order valence-electron chi connectivity index (χ3n) is 2.43. The first kappa shape index (κ1) is 11.9. The number of nitrogens with one attached hydrogen (secondary N) is 1. The molecule has 0 aromatic carbocycles. The van der Waals surface area contributed by atoms with E-state index in [1.165, 1.54) is 24.1 Å². The van der Waals surface area contributed by atoms with Gasteiger partial charge in [-0.05, 0) is 32.6 Å². The Morgan fingerprint density at radius 3 is 2.47 bits per heavy atom. The average Bonchev–Trinajstić information content (AvgIpc) is 2.30. The first-order valence-electron chi connectivity index (χ1n) is 5.64. The number of aryl methyl sites for hydroxylation is 2. The number of rotatable bonds is 1. The Balaban J connectivity index is 0.000000531. The van der Waals surface area contributed by atoms with E-state index < -0.39 is 0 Å². The zero-order chi connectivity index (χ0) is 11.3. The van der Waals surface area contributed by atoms with Gasteiger partial charge >= 0.3 is 0 Å². The van der Waals surface area contributed by atoms with Gasteiger partial charge in [-0.2, -0.15) is 0 Å². The smallest absolute Gasteiger partial charge is 0.147 e. The van der Waals surface area contributed by atoms with E-state index in [0.29, 0.717) is 0 Å². The minimum absolute atomic E-state index is 0.800. The molecule has 0 amide bonds. The highest BCUT2D eigenvalue weighted by molar-refractivity contribution is 5.46. The lowest BCUT2D eigenvalue weighted by Crippen LogP contribution is -2.17. The lowest BCUT2D eigenvalue weighted by atomic mass is 9.96. The predicted molar refractivity (Wildman–Crippen MR) is 62.6 cm³/mol. The highest BCUT2D eigenvalue weighted by atomic mass is 15.3. The molecule has 0 unspecified atom stereocenters. The van der Waals surface area contributed by atoms with E-state index in [4.69, 9.17) is 5.84 Å². The van der Waals surface area contributed by atoms with Gasteiger partial charge in [-0.1, -0.05) is 13.8 Å². The van der Waals surface area contributed by atoms with Crippen molar-refractivity contribution in [3.05, 3.63) is 17.1 Å². The van der Waals surface area contributed by atoms with Crippen molar-refractivity contribution in [1.29, 1.82) is 0 Å². The highest BCUT2D eigenvalue weighted by Crippen LogP contribution is 2.24. The Hall–Kier alpha value is -1.16. The molecule has 1 aliphatic carbocycles. The van der Waals surface area contributed by atoms with Gasteiger partial charge in [0.05, 0.1) is 0 Å². The summed E-state index contributed by atoms with van der Waals surface area (Å²) in [6.45, 7) is 5.90. The van der Waals surface area contributed by atoms with Gasteiger partial charge in [-0.15, -0.1) is 0 Å². The van der Waals surface area contributed by atoms with Crippen molar-refractivity contribution >= 4 is 5.82 Å². The van der Waals surface area contributed by atoms with Crippen LogP contribution in [0.25, 0.3) is 0 Å². The Morgan fingerprint density at radius 1 is 1.13 bits per heavy atom. The van der Waals surface area contributed by atoms with Crippen LogP contribution in [0.3, 0.4) is 0 Å². The number of fused-ring (bicyclic) bond motifs is 1. The van der Waals surface area contributed by atoms with Gasteiger partial charge in [0.25, 0.3) is 0 Å². The molecule has 0 spiro atoms. The summed E-state index contributed by atoms with van der Waals surface area (Å²) >= 11 is 0. The van der Waals surface area contributed by atoms with Crippen molar-refractivity contribution in [2.24, 2.45) is 5.84 Å². The van der Waals surface area contributed by atoms with Crippen molar-refractivity contribution in [3.63, 3.8) is 0 Å². The van der Waals surface area contributed by atoms with Crippen LogP contribution in [-0.4, -0.2) is 9.97 Å². The van der Waals surface area contributed by atoms with Crippen molar-refractivity contribution in [1.82, 2.24) is 9.97 Å². The van der Waals surface area contributed by atoms with Gasteiger partial charge in [0.2, 0.25) is 0 Å². The molecule has 3 N–H and O–H groups in total. The number of hydrogen-bond donors (Lipinski definition) is 2. The number of nitrogen functional groups attached to an aromatic ring is 1. The summed E-state index contributed by atoms with van der Waals surface area (Å²) in [5.74, 6) is 7.01. The van der Waals surface area contributed by atoms with Crippen LogP contribution in [0.1, 0.15) is 43.8 Å². The SMILES string of the molecule is CC.Cc1nc2c(c(NN)n1)CCCC2. The standard InChI is InChI=1S/C9H14N4.C2H6/c1-6-11-8-5-3-2-4-7(8)9(12-6)13-10;1-2/h2-5,10H2,1H3,(H,11,12,13);1-2H3. The van der Waals surface area contributed by atoms with E-state index in [2.05, 4.69) is 15.4 Å². The lowest BCUT2D eigenvalue weighted by Gasteiger charge is -2.17. The van der Waals surface area contributed by atoms with Crippen LogP contribution in [0.2, 0.25) is 0 Å². The second kappa shape index (κ2) is 5.66. The lowest BCUT2D eigenvalue weighted by molar-refractivity contribution is 0.659. The van der Waals surface area contributed by atoms with Gasteiger partial charge in [0, 0.05) is 11.3 Å². The summed E-state index contributed by atoms with van der Waals surface area (Å²) in [6.07, 6.45) is 4.56. The number of anilines is 1. The van der Waals surface area contributed by atoms with Crippen LogP contribution in [0, 0.1) is 6.92 Å². The van der Waals surface area contributed by atoms with Gasteiger partial charge < -0.3 is 5.43 Å². The van der Waals surface area contributed by atoms with Gasteiger partial charge in [-0.25, -0.2) is 15.8 Å². The fourth-order valence-corrected chi connectivity index (χ4v) is 1.84. The van der Waals surface area contributed by atoms with E-state index in [0.717, 1.165) is 24.5 Å². The molecule has 0 bridgehead atoms. The average molecular weight is 208 g/mol. The second-order valence-corrected chi connectivity index (χ2v) is 3.40. The molecular formula is C11H20N4. The van der Waals surface area contributed by atoms with E-state index in [1.54, 1.807) is 0 Å². The Labute approximate surface area is 91.3 Å². The van der Waals surface area contributed by atoms with Crippen molar-refractivity contribution in [2.75, 3.05) is 5.43 Å². The largest absolute Gasteiger partial charge is 0.308 e. The summed E-state index contributed by atoms with van der Waals surface area (Å²) in [5, 5.41) is 0. The molecule has 0 radical (unpaired) electrons. The molecule has 4 nitrogen and oxygen atoms in total. The number of hydrogen-bond acceptors (Lipinski definition) is 4. The van der Waals surface area contributed by atoms with E-state index in [9.17, 15) is 0 Å². The van der Waals surface area contributed by atoms with Crippen molar-refractivity contribution < 1.29 is 0 Å². The topological polar surface area (TPSA) is 63.8 Å². The molecule has 1 heterocycles. The Kier molecular flexibility index (Phi) is 4.49. The minimum atomic E-state index is 0.800. The van der Waals surface area contributed by atoms with Crippen molar-refractivity contribution in [2.45, 2.75) is 46.5 Å². The molecule has 2 rings (SSSR count). The maximum Gasteiger partial charge on any atom is 0.147 e. The number of aromatic nitrogens is 2. The fourth-order valence-electron chi connectivity index (χ4n) is 1.84. The normalized spacial score (nSPS) is 13.6. The Morgan fingerprint density at radius 2 is 1.80 bits per heavy atom. The number of nitrogens with zero attached hydrogens (tertiary/aromatic N) is 2. The van der Waals surface area contributed by atoms with Gasteiger partial charge in [-0.3, -0.25) is 0 Å². The summed E-state index contributed by atoms with van der Waals surface area (Å²) in [5.41, 5.74) is 5.03. The zero-order valence-electron chi connectivity index (χ0n) is 9.80. The molecule has 0 fully saturated rings. The summed E-state index contributed by atoms with van der Waals surface area (Å²) in [4.78, 5) is 8.67. The maximum atomic E-state index is 5.40. The second-order valence-electron chi connectivity index (χ2n) is 3.40. The van der Waals surface area contributed by atoms with E-state index >= 15 is 0 Å². The molecule has 0 aliphatic heterocycles. The minimum Gasteiger partial charge on any atom is -0.308 e. The quantitative estimate of drug-likeness (QED) is 0.547. The molecular weight excluding hydrogens is 188 g/mol. The predicted octanol–water partition coefficient (Wildman–Crippen LogP) is 1.98. The van der Waals surface area contributed by atoms with Gasteiger partial charge in [0.15, 0.2) is 0 Å². The monoisotopic (exact) mass is 208 g/mol. The molecule has 0 saturated carbocycles. The first-order chi connectivity index (χ1) is 7.31. The van der Waals surface area contributed by atoms with E-state index in [1.807, 2.05) is 20.8 Å². The zero-order valence-corrected chi connectivity index (χ0v) is 9.80. The maximum absolute atomic E-state index is 5.40. The van der Waals surface area contributed by atoms with Crippen LogP contribution in [0.4, 0.5) is 5.82 Å². The first-order valence-corrected chi connectivity index (χ1v) is 5.64. The molecule has 0 saturated heterocycles. The fraction of sp³-hybridized carbons (Fsp3) is 0.636. The number of nitrogens with two attached hydrogens (primary N) is 1. The summed E-state index contributed by atoms with van der Waals surface area (Å²) in [6, 6.07) is 0. The molecule has 0 atom stereocenters. The molecule has 1 aliphatic rings. The van der Waals surface area contributed by atoms with Crippen LogP contribution in [-0.2, 0) is 12.8 Å². The van der Waals surface area contributed by atoms with Gasteiger partial charge in [0.1, 0.15) is 11.6 Å². The molecule has 15 heavy (non-hydrogen) atoms. The molecule has 1 aromatic heterocycles. The van der Waals surface area contributed by atoms with E-state index in [-0.39, 0.29) is 0 Å².